The standard InChI is InChI=1S/C31H34N4O2/c1-36-26-10-8-23(9-11-26)30-28-13-12-27(37-2)19-29(28)31(34-33-30)32-25-14-16-35(17-15-25)20-21-6-7-22-4-3-5-24(22)18-21/h6-13,18-19,25H,3-5,14-17,20H2,1-2H3,(H,32,34). The minimum atomic E-state index is 0.367. The average molecular weight is 495 g/mol. The van der Waals surface area contributed by atoms with Crippen LogP contribution in [0.4, 0.5) is 5.82 Å². The summed E-state index contributed by atoms with van der Waals surface area (Å²) < 4.78 is 10.9. The van der Waals surface area contributed by atoms with Crippen LogP contribution in [0, 0.1) is 0 Å². The Kier molecular flexibility index (Phi) is 6.66. The quantitative estimate of drug-likeness (QED) is 0.346. The van der Waals surface area contributed by atoms with Gasteiger partial charge in [0.2, 0.25) is 0 Å². The van der Waals surface area contributed by atoms with Gasteiger partial charge in [0.05, 0.1) is 14.2 Å². The normalized spacial score (nSPS) is 16.1. The average Bonchev–Trinajstić information content (AvgIpc) is 3.42. The zero-order valence-corrected chi connectivity index (χ0v) is 21.7. The van der Waals surface area contributed by atoms with E-state index in [4.69, 9.17) is 9.47 Å². The lowest BCUT2D eigenvalue weighted by atomic mass is 10.0. The second kappa shape index (κ2) is 10.4. The minimum absolute atomic E-state index is 0.367. The molecule has 1 N–H and O–H groups in total. The van der Waals surface area contributed by atoms with E-state index < -0.39 is 0 Å². The zero-order chi connectivity index (χ0) is 25.2. The summed E-state index contributed by atoms with van der Waals surface area (Å²) in [6, 6.07) is 21.6. The summed E-state index contributed by atoms with van der Waals surface area (Å²) in [7, 11) is 3.37. The Labute approximate surface area is 218 Å². The van der Waals surface area contributed by atoms with Crippen molar-refractivity contribution in [2.24, 2.45) is 0 Å². The Morgan fingerprint density at radius 3 is 2.35 bits per heavy atom. The number of benzene rings is 3. The number of anilines is 1. The Morgan fingerprint density at radius 1 is 0.811 bits per heavy atom. The maximum absolute atomic E-state index is 5.54. The fourth-order valence-corrected chi connectivity index (χ4v) is 5.74. The molecule has 0 unspecified atom stereocenters. The predicted octanol–water partition coefficient (Wildman–Crippen LogP) is 5.88. The molecule has 2 aliphatic rings. The van der Waals surface area contributed by atoms with Gasteiger partial charge in [0.15, 0.2) is 5.82 Å². The van der Waals surface area contributed by atoms with Gasteiger partial charge in [0, 0.05) is 42.0 Å². The number of methoxy groups -OCH3 is 2. The number of hydrogen-bond acceptors (Lipinski definition) is 6. The highest BCUT2D eigenvalue weighted by Crippen LogP contribution is 2.34. The molecular weight excluding hydrogens is 460 g/mol. The molecule has 1 aliphatic heterocycles. The maximum Gasteiger partial charge on any atom is 0.156 e. The molecule has 0 atom stereocenters. The molecule has 190 valence electrons. The molecule has 0 amide bonds. The summed E-state index contributed by atoms with van der Waals surface area (Å²) in [5, 5.41) is 15.1. The summed E-state index contributed by atoms with van der Waals surface area (Å²) in [5.74, 6) is 2.46. The van der Waals surface area contributed by atoms with Crippen molar-refractivity contribution in [2.45, 2.75) is 44.7 Å². The number of rotatable bonds is 7. The van der Waals surface area contributed by atoms with E-state index in [2.05, 4.69) is 50.7 Å². The molecule has 0 saturated carbocycles. The monoisotopic (exact) mass is 494 g/mol. The number of likely N-dealkylation sites (tertiary alicyclic amines) is 1. The molecular formula is C31H34N4O2. The Bertz CT molecular complexity index is 1390. The van der Waals surface area contributed by atoms with Crippen LogP contribution >= 0.6 is 0 Å². The van der Waals surface area contributed by atoms with Gasteiger partial charge in [0.1, 0.15) is 17.2 Å². The van der Waals surface area contributed by atoms with Gasteiger partial charge in [-0.2, -0.15) is 0 Å². The lowest BCUT2D eigenvalue weighted by Crippen LogP contribution is -2.38. The van der Waals surface area contributed by atoms with Crippen molar-refractivity contribution in [2.75, 3.05) is 32.6 Å². The van der Waals surface area contributed by atoms with Crippen LogP contribution in [0.15, 0.2) is 60.7 Å². The van der Waals surface area contributed by atoms with Crippen LogP contribution in [0.3, 0.4) is 0 Å². The van der Waals surface area contributed by atoms with E-state index in [1.165, 1.54) is 24.8 Å². The first-order chi connectivity index (χ1) is 18.2. The first-order valence-corrected chi connectivity index (χ1v) is 13.3. The number of piperidine rings is 1. The van der Waals surface area contributed by atoms with Gasteiger partial charge in [-0.15, -0.1) is 10.2 Å². The first-order valence-electron chi connectivity index (χ1n) is 13.3. The molecule has 1 aliphatic carbocycles. The number of hydrogen-bond donors (Lipinski definition) is 1. The van der Waals surface area contributed by atoms with E-state index in [9.17, 15) is 0 Å². The molecule has 0 spiro atoms. The van der Waals surface area contributed by atoms with E-state index >= 15 is 0 Å². The van der Waals surface area contributed by atoms with Crippen LogP contribution < -0.4 is 14.8 Å². The van der Waals surface area contributed by atoms with Gasteiger partial charge >= 0.3 is 0 Å². The fraction of sp³-hybridized carbons (Fsp3) is 0.355. The van der Waals surface area contributed by atoms with Crippen molar-refractivity contribution >= 4 is 16.6 Å². The summed E-state index contributed by atoms with van der Waals surface area (Å²) in [6.07, 6.45) is 5.96. The number of aromatic nitrogens is 2. The number of ether oxygens (including phenoxy) is 2. The van der Waals surface area contributed by atoms with Gasteiger partial charge in [0.25, 0.3) is 0 Å². The van der Waals surface area contributed by atoms with Crippen LogP contribution in [-0.2, 0) is 19.4 Å². The lowest BCUT2D eigenvalue weighted by Gasteiger charge is -2.33. The summed E-state index contributed by atoms with van der Waals surface area (Å²) >= 11 is 0. The molecule has 6 heteroatoms. The van der Waals surface area contributed by atoms with E-state index in [0.29, 0.717) is 6.04 Å². The van der Waals surface area contributed by atoms with Crippen molar-refractivity contribution in [1.82, 2.24) is 15.1 Å². The second-order valence-corrected chi connectivity index (χ2v) is 10.2. The molecule has 6 nitrogen and oxygen atoms in total. The molecule has 6 rings (SSSR count). The zero-order valence-electron chi connectivity index (χ0n) is 21.7. The summed E-state index contributed by atoms with van der Waals surface area (Å²) in [6.45, 7) is 3.19. The predicted molar refractivity (Wildman–Crippen MR) is 148 cm³/mol. The SMILES string of the molecule is COc1ccc(-c2nnc(NC3CCN(Cc4ccc5c(c4)CCC5)CC3)c3cc(OC)ccc23)cc1. The topological polar surface area (TPSA) is 59.5 Å². The van der Waals surface area contributed by atoms with Crippen molar-refractivity contribution in [3.63, 3.8) is 0 Å². The largest absolute Gasteiger partial charge is 0.497 e. The molecule has 2 heterocycles. The Hall–Kier alpha value is -3.64. The highest BCUT2D eigenvalue weighted by molar-refractivity contribution is 6.00. The van der Waals surface area contributed by atoms with E-state index in [1.54, 1.807) is 25.3 Å². The third-order valence-electron chi connectivity index (χ3n) is 7.85. The van der Waals surface area contributed by atoms with Crippen molar-refractivity contribution in [3.8, 4) is 22.8 Å². The molecule has 37 heavy (non-hydrogen) atoms. The van der Waals surface area contributed by atoms with Gasteiger partial charge < -0.3 is 14.8 Å². The summed E-state index contributed by atoms with van der Waals surface area (Å²) in [4.78, 5) is 2.58. The van der Waals surface area contributed by atoms with Crippen LogP contribution in [0.5, 0.6) is 11.5 Å². The maximum atomic E-state index is 5.54. The van der Waals surface area contributed by atoms with Crippen LogP contribution in [-0.4, -0.2) is 48.4 Å². The lowest BCUT2D eigenvalue weighted by molar-refractivity contribution is 0.211. The van der Waals surface area contributed by atoms with Gasteiger partial charge in [-0.3, -0.25) is 4.90 Å². The van der Waals surface area contributed by atoms with Crippen LogP contribution in [0.1, 0.15) is 36.0 Å². The molecule has 0 radical (unpaired) electrons. The highest BCUT2D eigenvalue weighted by atomic mass is 16.5. The molecule has 1 aromatic heterocycles. The summed E-state index contributed by atoms with van der Waals surface area (Å²) in [5.41, 5.74) is 6.43. The number of nitrogens with one attached hydrogen (secondary N) is 1. The third kappa shape index (κ3) is 4.98. The molecule has 1 saturated heterocycles. The fourth-order valence-electron chi connectivity index (χ4n) is 5.74. The van der Waals surface area contributed by atoms with Crippen LogP contribution in [0.2, 0.25) is 0 Å². The van der Waals surface area contributed by atoms with Crippen molar-refractivity contribution < 1.29 is 9.47 Å². The van der Waals surface area contributed by atoms with Crippen molar-refractivity contribution in [1.29, 1.82) is 0 Å². The van der Waals surface area contributed by atoms with E-state index in [0.717, 1.165) is 71.8 Å². The van der Waals surface area contributed by atoms with Crippen molar-refractivity contribution in [3.05, 3.63) is 77.4 Å². The third-order valence-corrected chi connectivity index (χ3v) is 7.85. The smallest absolute Gasteiger partial charge is 0.156 e. The van der Waals surface area contributed by atoms with Gasteiger partial charge in [-0.25, -0.2) is 0 Å². The number of fused-ring (bicyclic) bond motifs is 2. The Balaban J connectivity index is 1.18. The number of nitrogens with zero attached hydrogens (tertiary/aromatic N) is 3. The molecule has 1 fully saturated rings. The van der Waals surface area contributed by atoms with E-state index in [-0.39, 0.29) is 0 Å². The highest BCUT2D eigenvalue weighted by Gasteiger charge is 2.22. The minimum Gasteiger partial charge on any atom is -0.497 e. The number of aryl methyl sites for hydroxylation is 2. The van der Waals surface area contributed by atoms with Gasteiger partial charge in [-0.1, -0.05) is 18.2 Å². The van der Waals surface area contributed by atoms with Crippen LogP contribution in [0.25, 0.3) is 22.0 Å². The first kappa shape index (κ1) is 23.7. The van der Waals surface area contributed by atoms with Gasteiger partial charge in [-0.05, 0) is 91.3 Å². The molecule has 0 bridgehead atoms. The Morgan fingerprint density at radius 2 is 1.57 bits per heavy atom. The van der Waals surface area contributed by atoms with E-state index in [1.807, 2.05) is 30.3 Å². The molecule has 4 aromatic rings. The molecule has 3 aromatic carbocycles. The second-order valence-electron chi connectivity index (χ2n) is 10.2.